The number of carbonyl (C=O) groups excluding carboxylic acids is 2. The lowest BCUT2D eigenvalue weighted by Crippen LogP contribution is -2.42. The number of ether oxygens (including phenoxy) is 2. The van der Waals surface area contributed by atoms with Crippen molar-refractivity contribution < 1.29 is 19.1 Å². The molecule has 0 saturated heterocycles. The highest BCUT2D eigenvalue weighted by Crippen LogP contribution is 2.44. The third kappa shape index (κ3) is 4.65. The third-order valence-corrected chi connectivity index (χ3v) is 5.47. The van der Waals surface area contributed by atoms with Crippen LogP contribution in [0.2, 0.25) is 0 Å². The zero-order chi connectivity index (χ0) is 22.3. The van der Waals surface area contributed by atoms with Gasteiger partial charge in [-0.3, -0.25) is 0 Å². The van der Waals surface area contributed by atoms with Gasteiger partial charge in [-0.15, -0.1) is 12.3 Å². The Hall–Kier alpha value is -4.04. The minimum Gasteiger partial charge on any atom is -0.459 e. The van der Waals surface area contributed by atoms with Gasteiger partial charge in [-0.1, -0.05) is 78.9 Å². The molecule has 0 saturated carbocycles. The van der Waals surface area contributed by atoms with Crippen LogP contribution in [0.4, 0.5) is 4.79 Å². The molecule has 5 heteroatoms. The second-order valence-corrected chi connectivity index (χ2v) is 7.52. The van der Waals surface area contributed by atoms with Gasteiger partial charge in [-0.05, 0) is 27.8 Å². The first-order valence-electron chi connectivity index (χ1n) is 10.4. The van der Waals surface area contributed by atoms with Gasteiger partial charge < -0.3 is 14.8 Å². The molecule has 32 heavy (non-hydrogen) atoms. The molecule has 0 aromatic heterocycles. The van der Waals surface area contributed by atoms with Crippen molar-refractivity contribution in [1.29, 1.82) is 0 Å². The van der Waals surface area contributed by atoms with Crippen molar-refractivity contribution in [2.75, 3.05) is 6.61 Å². The van der Waals surface area contributed by atoms with Crippen LogP contribution in [0, 0.1) is 12.3 Å². The quantitative estimate of drug-likeness (QED) is 0.442. The molecular weight excluding hydrogens is 402 g/mol. The van der Waals surface area contributed by atoms with Crippen LogP contribution in [-0.4, -0.2) is 24.7 Å². The smallest absolute Gasteiger partial charge is 0.407 e. The zero-order valence-electron chi connectivity index (χ0n) is 17.5. The number of rotatable bonds is 7. The summed E-state index contributed by atoms with van der Waals surface area (Å²) < 4.78 is 10.8. The summed E-state index contributed by atoms with van der Waals surface area (Å²) in [6.07, 6.45) is 4.69. The number of alkyl carbamates (subject to hydrolysis) is 1. The predicted molar refractivity (Wildman–Crippen MR) is 122 cm³/mol. The lowest BCUT2D eigenvalue weighted by molar-refractivity contribution is -0.147. The van der Waals surface area contributed by atoms with Crippen LogP contribution in [0.25, 0.3) is 11.1 Å². The van der Waals surface area contributed by atoms with Gasteiger partial charge in [0.05, 0.1) is 0 Å². The van der Waals surface area contributed by atoms with E-state index in [2.05, 4.69) is 23.4 Å². The van der Waals surface area contributed by atoms with Crippen molar-refractivity contribution in [2.24, 2.45) is 0 Å². The van der Waals surface area contributed by atoms with E-state index in [9.17, 15) is 9.59 Å². The van der Waals surface area contributed by atoms with E-state index in [0.717, 1.165) is 27.8 Å². The summed E-state index contributed by atoms with van der Waals surface area (Å²) in [5, 5.41) is 2.55. The number of terminal acetylenes is 1. The minimum absolute atomic E-state index is 0.0117. The second kappa shape index (κ2) is 9.84. The zero-order valence-corrected chi connectivity index (χ0v) is 17.5. The molecule has 5 nitrogen and oxygen atoms in total. The third-order valence-electron chi connectivity index (χ3n) is 5.47. The second-order valence-electron chi connectivity index (χ2n) is 7.52. The highest BCUT2D eigenvalue weighted by Gasteiger charge is 2.29. The van der Waals surface area contributed by atoms with Gasteiger partial charge >= 0.3 is 12.1 Å². The van der Waals surface area contributed by atoms with Gasteiger partial charge in [-0.2, -0.15) is 0 Å². The van der Waals surface area contributed by atoms with Crippen LogP contribution in [0.5, 0.6) is 0 Å². The molecule has 1 aliphatic rings. The topological polar surface area (TPSA) is 64.6 Å². The molecule has 1 amide bonds. The summed E-state index contributed by atoms with van der Waals surface area (Å²) in [5.74, 6) is 1.74. The van der Waals surface area contributed by atoms with Crippen LogP contribution in [0.15, 0.2) is 78.9 Å². The Morgan fingerprint density at radius 2 is 1.47 bits per heavy atom. The maximum Gasteiger partial charge on any atom is 0.407 e. The van der Waals surface area contributed by atoms with E-state index in [1.54, 1.807) is 0 Å². The minimum atomic E-state index is -0.973. The Balaban J connectivity index is 1.37. The van der Waals surface area contributed by atoms with Crippen LogP contribution in [0.3, 0.4) is 0 Å². The number of hydrogen-bond donors (Lipinski definition) is 1. The number of fused-ring (bicyclic) bond motifs is 3. The summed E-state index contributed by atoms with van der Waals surface area (Å²) in [7, 11) is 0. The molecule has 1 N–H and O–H groups in total. The average Bonchev–Trinajstić information content (AvgIpc) is 3.15. The van der Waals surface area contributed by atoms with E-state index < -0.39 is 18.1 Å². The first-order chi connectivity index (χ1) is 15.7. The molecule has 4 rings (SSSR count). The lowest BCUT2D eigenvalue weighted by atomic mass is 9.98. The van der Waals surface area contributed by atoms with Gasteiger partial charge in [0.15, 0.2) is 0 Å². The van der Waals surface area contributed by atoms with E-state index in [4.69, 9.17) is 15.9 Å². The molecule has 0 aliphatic heterocycles. The van der Waals surface area contributed by atoms with E-state index in [1.807, 2.05) is 66.7 Å². The largest absolute Gasteiger partial charge is 0.459 e. The summed E-state index contributed by atoms with van der Waals surface area (Å²) in [6, 6.07) is 24.5. The number of benzene rings is 3. The number of esters is 1. The SMILES string of the molecule is C#CC[C@H](NC(=O)OCC1c2ccccc2-c2ccccc21)C(=O)OCc1ccccc1. The molecule has 1 aliphatic carbocycles. The molecule has 1 atom stereocenters. The maximum atomic E-state index is 12.5. The highest BCUT2D eigenvalue weighted by molar-refractivity contribution is 5.82. The van der Waals surface area contributed by atoms with Crippen LogP contribution < -0.4 is 5.32 Å². The average molecular weight is 425 g/mol. The van der Waals surface area contributed by atoms with Gasteiger partial charge in [0, 0.05) is 12.3 Å². The standard InChI is InChI=1S/C27H23NO4/c1-2-10-25(26(29)31-17-19-11-4-3-5-12-19)28-27(30)32-18-24-22-15-8-6-13-20(22)21-14-7-9-16-23(21)24/h1,3-9,11-16,24-25H,10,17-18H2,(H,28,30)/t25-/m0/s1. The van der Waals surface area contributed by atoms with E-state index >= 15 is 0 Å². The van der Waals surface area contributed by atoms with Crippen LogP contribution in [-0.2, 0) is 20.9 Å². The van der Waals surface area contributed by atoms with Crippen molar-refractivity contribution >= 4 is 12.1 Å². The first kappa shape index (κ1) is 21.2. The fourth-order valence-electron chi connectivity index (χ4n) is 3.92. The van der Waals surface area contributed by atoms with Crippen molar-refractivity contribution in [1.82, 2.24) is 5.32 Å². The molecule has 0 radical (unpaired) electrons. The lowest BCUT2D eigenvalue weighted by Gasteiger charge is -2.18. The Morgan fingerprint density at radius 1 is 0.875 bits per heavy atom. The van der Waals surface area contributed by atoms with Crippen molar-refractivity contribution in [3.63, 3.8) is 0 Å². The fourth-order valence-corrected chi connectivity index (χ4v) is 3.92. The molecular formula is C27H23NO4. The van der Waals surface area contributed by atoms with Crippen LogP contribution >= 0.6 is 0 Å². The van der Waals surface area contributed by atoms with Gasteiger partial charge in [0.1, 0.15) is 19.3 Å². The fraction of sp³-hybridized carbons (Fsp3) is 0.185. The highest BCUT2D eigenvalue weighted by atomic mass is 16.6. The molecule has 0 fully saturated rings. The predicted octanol–water partition coefficient (Wildman–Crippen LogP) is 4.66. The molecule has 3 aromatic carbocycles. The normalized spacial score (nSPS) is 12.7. The van der Waals surface area contributed by atoms with Crippen molar-refractivity contribution in [2.45, 2.75) is 25.0 Å². The molecule has 3 aromatic rings. The Kier molecular flexibility index (Phi) is 6.52. The van der Waals surface area contributed by atoms with Crippen LogP contribution in [0.1, 0.15) is 29.0 Å². The van der Waals surface area contributed by atoms with Crippen molar-refractivity contribution in [3.8, 4) is 23.5 Å². The molecule has 0 bridgehead atoms. The van der Waals surface area contributed by atoms with E-state index in [-0.39, 0.29) is 25.6 Å². The monoisotopic (exact) mass is 425 g/mol. The van der Waals surface area contributed by atoms with E-state index in [0.29, 0.717) is 0 Å². The van der Waals surface area contributed by atoms with E-state index in [1.165, 1.54) is 0 Å². The van der Waals surface area contributed by atoms with Gasteiger partial charge in [0.2, 0.25) is 0 Å². The Bertz CT molecular complexity index is 1100. The number of carbonyl (C=O) groups is 2. The maximum absolute atomic E-state index is 12.5. The number of nitrogens with one attached hydrogen (secondary N) is 1. The first-order valence-corrected chi connectivity index (χ1v) is 10.4. The van der Waals surface area contributed by atoms with Gasteiger partial charge in [-0.25, -0.2) is 9.59 Å². The number of hydrogen-bond acceptors (Lipinski definition) is 4. The summed E-state index contributed by atoms with van der Waals surface area (Å²) in [5.41, 5.74) is 5.37. The molecule has 0 spiro atoms. The Labute approximate surface area is 187 Å². The number of amides is 1. The molecule has 0 unspecified atom stereocenters. The summed E-state index contributed by atoms with van der Waals surface area (Å²) in [4.78, 5) is 24.9. The van der Waals surface area contributed by atoms with Crippen molar-refractivity contribution in [3.05, 3.63) is 95.6 Å². The van der Waals surface area contributed by atoms with Gasteiger partial charge in [0.25, 0.3) is 0 Å². The molecule has 0 heterocycles. The summed E-state index contributed by atoms with van der Waals surface area (Å²) >= 11 is 0. The summed E-state index contributed by atoms with van der Waals surface area (Å²) in [6.45, 7) is 0.259. The Morgan fingerprint density at radius 3 is 2.09 bits per heavy atom. The molecule has 160 valence electrons.